The maximum absolute atomic E-state index is 12.0. The number of benzene rings is 2. The number of rotatable bonds is 6. The smallest absolute Gasteiger partial charge is 0.338 e. The van der Waals surface area contributed by atoms with Crippen molar-refractivity contribution in [3.05, 3.63) is 89.2 Å². The average Bonchev–Trinajstić information content (AvgIpc) is 3.44. The molecular formula is C29H38N3O3P. The molecule has 0 radical (unpaired) electrons. The van der Waals surface area contributed by atoms with Crippen LogP contribution >= 0.6 is 9.24 Å². The maximum Gasteiger partial charge on any atom is 0.338 e. The van der Waals surface area contributed by atoms with Gasteiger partial charge < -0.3 is 15.8 Å². The molecular weight excluding hydrogens is 469 g/mol. The van der Waals surface area contributed by atoms with Crippen LogP contribution in [0.4, 0.5) is 5.69 Å². The Kier molecular flexibility index (Phi) is 12.8. The molecule has 3 aromatic rings. The Hall–Kier alpha value is -3.08. The van der Waals surface area contributed by atoms with Gasteiger partial charge in [-0.05, 0) is 61.6 Å². The van der Waals surface area contributed by atoms with E-state index in [1.54, 1.807) is 30.6 Å². The highest BCUT2D eigenvalue weighted by Gasteiger charge is 2.17. The number of nitrogens with one attached hydrogen (secondary N) is 1. The summed E-state index contributed by atoms with van der Waals surface area (Å²) in [6.07, 6.45) is 8.31. The van der Waals surface area contributed by atoms with Crippen molar-refractivity contribution in [2.45, 2.75) is 53.0 Å². The van der Waals surface area contributed by atoms with E-state index in [0.717, 1.165) is 22.1 Å². The molecule has 0 aliphatic heterocycles. The molecule has 1 unspecified atom stereocenters. The number of aromatic nitrogens is 1. The first-order chi connectivity index (χ1) is 17.5. The zero-order chi connectivity index (χ0) is 26.3. The van der Waals surface area contributed by atoms with E-state index < -0.39 is 0 Å². The van der Waals surface area contributed by atoms with Crippen LogP contribution in [-0.2, 0) is 11.3 Å². The third kappa shape index (κ3) is 9.52. The summed E-state index contributed by atoms with van der Waals surface area (Å²) in [6, 6.07) is 16.5. The molecule has 0 bridgehead atoms. The fourth-order valence-corrected chi connectivity index (χ4v) is 3.99. The lowest BCUT2D eigenvalue weighted by Crippen LogP contribution is -2.16. The second kappa shape index (κ2) is 15.8. The van der Waals surface area contributed by atoms with Gasteiger partial charge in [0.25, 0.3) is 5.91 Å². The van der Waals surface area contributed by atoms with Gasteiger partial charge in [0, 0.05) is 29.8 Å². The summed E-state index contributed by atoms with van der Waals surface area (Å²) in [5.74, 6) is 0.262. The molecule has 1 aliphatic carbocycles. The van der Waals surface area contributed by atoms with E-state index in [2.05, 4.69) is 19.5 Å². The van der Waals surface area contributed by atoms with Crippen LogP contribution in [0, 0.1) is 12.8 Å². The molecule has 2 aromatic carbocycles. The SMILES string of the molecule is CC.Cc1cccc(C(=O)OCC2CCCC2)c1.NCc1ccc(C(=O)Nc2ccncc2P)cc1. The van der Waals surface area contributed by atoms with E-state index in [1.165, 1.54) is 25.7 Å². The first-order valence-corrected chi connectivity index (χ1v) is 13.1. The van der Waals surface area contributed by atoms with Gasteiger partial charge in [0.15, 0.2) is 0 Å². The van der Waals surface area contributed by atoms with Gasteiger partial charge in [-0.2, -0.15) is 0 Å². The van der Waals surface area contributed by atoms with E-state index in [1.807, 2.05) is 57.2 Å². The number of hydrogen-bond acceptors (Lipinski definition) is 5. The summed E-state index contributed by atoms with van der Waals surface area (Å²) < 4.78 is 5.33. The summed E-state index contributed by atoms with van der Waals surface area (Å²) in [7, 11) is 2.54. The molecule has 36 heavy (non-hydrogen) atoms. The molecule has 4 rings (SSSR count). The number of esters is 1. The van der Waals surface area contributed by atoms with E-state index in [4.69, 9.17) is 10.5 Å². The number of hydrogen-bond donors (Lipinski definition) is 2. The largest absolute Gasteiger partial charge is 0.462 e. The molecule has 1 saturated carbocycles. The molecule has 1 fully saturated rings. The number of anilines is 1. The predicted octanol–water partition coefficient (Wildman–Crippen LogP) is 5.66. The average molecular weight is 508 g/mol. The van der Waals surface area contributed by atoms with Crippen LogP contribution in [-0.4, -0.2) is 23.5 Å². The van der Waals surface area contributed by atoms with Crippen LogP contribution in [0.3, 0.4) is 0 Å². The van der Waals surface area contributed by atoms with Crippen LogP contribution in [0.15, 0.2) is 67.0 Å². The number of carbonyl (C=O) groups is 2. The lowest BCUT2D eigenvalue weighted by atomic mass is 10.1. The first kappa shape index (κ1) is 29.2. The Labute approximate surface area is 217 Å². The third-order valence-electron chi connectivity index (χ3n) is 5.73. The minimum atomic E-state index is -0.185. The lowest BCUT2D eigenvalue weighted by molar-refractivity contribution is 0.0442. The molecule has 1 aliphatic rings. The Morgan fingerprint density at radius 1 is 1.06 bits per heavy atom. The van der Waals surface area contributed by atoms with E-state index in [-0.39, 0.29) is 11.9 Å². The van der Waals surface area contributed by atoms with Gasteiger partial charge >= 0.3 is 5.97 Å². The molecule has 0 saturated heterocycles. The number of pyridine rings is 1. The molecule has 1 heterocycles. The first-order valence-electron chi connectivity index (χ1n) is 12.5. The number of ether oxygens (including phenoxy) is 1. The van der Waals surface area contributed by atoms with Crippen LogP contribution < -0.4 is 16.4 Å². The number of nitrogens with zero attached hydrogens (tertiary/aromatic N) is 1. The Bertz CT molecular complexity index is 1100. The molecule has 6 nitrogen and oxygen atoms in total. The molecule has 1 amide bonds. The zero-order valence-electron chi connectivity index (χ0n) is 21.5. The van der Waals surface area contributed by atoms with Crippen molar-refractivity contribution in [3.8, 4) is 0 Å². The highest BCUT2D eigenvalue weighted by atomic mass is 31.0. The number of carbonyl (C=O) groups excluding carboxylic acids is 2. The van der Waals surface area contributed by atoms with Gasteiger partial charge in [-0.15, -0.1) is 9.24 Å². The molecule has 192 valence electrons. The van der Waals surface area contributed by atoms with Crippen molar-refractivity contribution in [1.82, 2.24) is 4.98 Å². The van der Waals surface area contributed by atoms with Gasteiger partial charge in [0.1, 0.15) is 0 Å². The molecule has 1 atom stereocenters. The highest BCUT2D eigenvalue weighted by molar-refractivity contribution is 7.28. The summed E-state index contributed by atoms with van der Waals surface area (Å²) in [5.41, 5.74) is 9.61. The minimum Gasteiger partial charge on any atom is -0.462 e. The second-order valence-electron chi connectivity index (χ2n) is 8.44. The van der Waals surface area contributed by atoms with Crippen LogP contribution in [0.2, 0.25) is 0 Å². The Morgan fingerprint density at radius 2 is 1.75 bits per heavy atom. The Balaban J connectivity index is 0.000000239. The van der Waals surface area contributed by atoms with Crippen LogP contribution in [0.1, 0.15) is 71.4 Å². The van der Waals surface area contributed by atoms with Gasteiger partial charge in [-0.1, -0.05) is 56.5 Å². The molecule has 0 spiro atoms. The zero-order valence-corrected chi connectivity index (χ0v) is 22.7. The number of nitrogens with two attached hydrogens (primary N) is 1. The van der Waals surface area contributed by atoms with Crippen molar-refractivity contribution in [1.29, 1.82) is 0 Å². The Morgan fingerprint density at radius 3 is 2.36 bits per heavy atom. The van der Waals surface area contributed by atoms with E-state index >= 15 is 0 Å². The topological polar surface area (TPSA) is 94.3 Å². The van der Waals surface area contributed by atoms with Crippen molar-refractivity contribution in [3.63, 3.8) is 0 Å². The van der Waals surface area contributed by atoms with Crippen LogP contribution in [0.5, 0.6) is 0 Å². The third-order valence-corrected chi connectivity index (χ3v) is 6.19. The summed E-state index contributed by atoms with van der Waals surface area (Å²) >= 11 is 0. The van der Waals surface area contributed by atoms with Crippen molar-refractivity contribution < 1.29 is 14.3 Å². The van der Waals surface area contributed by atoms with Gasteiger partial charge in [-0.25, -0.2) is 4.79 Å². The predicted molar refractivity (Wildman–Crippen MR) is 151 cm³/mol. The van der Waals surface area contributed by atoms with E-state index in [0.29, 0.717) is 30.2 Å². The van der Waals surface area contributed by atoms with Crippen molar-refractivity contribution in [2.75, 3.05) is 11.9 Å². The fourth-order valence-electron chi connectivity index (χ4n) is 3.73. The fraction of sp³-hybridized carbons (Fsp3) is 0.345. The lowest BCUT2D eigenvalue weighted by Gasteiger charge is -2.10. The summed E-state index contributed by atoms with van der Waals surface area (Å²) in [4.78, 5) is 27.7. The number of aryl methyl sites for hydroxylation is 1. The normalized spacial score (nSPS) is 12.5. The van der Waals surface area contributed by atoms with Crippen molar-refractivity contribution >= 4 is 32.1 Å². The molecule has 7 heteroatoms. The monoisotopic (exact) mass is 507 g/mol. The van der Waals surface area contributed by atoms with Gasteiger partial charge in [0.2, 0.25) is 0 Å². The quantitative estimate of drug-likeness (QED) is 0.332. The van der Waals surface area contributed by atoms with Crippen molar-refractivity contribution in [2.24, 2.45) is 11.7 Å². The summed E-state index contributed by atoms with van der Waals surface area (Å²) in [5, 5.41) is 3.68. The van der Waals surface area contributed by atoms with Gasteiger partial charge in [-0.3, -0.25) is 9.78 Å². The van der Waals surface area contributed by atoms with Gasteiger partial charge in [0.05, 0.1) is 17.9 Å². The van der Waals surface area contributed by atoms with E-state index in [9.17, 15) is 9.59 Å². The maximum atomic E-state index is 12.0. The molecule has 1 aromatic heterocycles. The van der Waals surface area contributed by atoms with Crippen LogP contribution in [0.25, 0.3) is 0 Å². The number of amides is 1. The standard InChI is InChI=1S/C14H18O2.C13H14N3OP.C2H6/c1-11-5-4-8-13(9-11)14(15)16-10-12-6-2-3-7-12;14-7-9-1-3-10(4-2-9)13(17)16-11-5-6-15-8-12(11)18;1-2/h4-5,8-9,12H,2-3,6-7,10H2,1H3;1-6,8H,7,14,18H2,(H,15,16,17);1-2H3. The summed E-state index contributed by atoms with van der Waals surface area (Å²) in [6.45, 7) is 7.04. The second-order valence-corrected chi connectivity index (χ2v) is 9.06. The minimum absolute atomic E-state index is 0.145. The highest BCUT2D eigenvalue weighted by Crippen LogP contribution is 2.25. The molecule has 3 N–H and O–H groups in total.